The number of rotatable bonds is 4. The van der Waals surface area contributed by atoms with Gasteiger partial charge in [-0.3, -0.25) is 0 Å². The molecule has 1 nitrogen and oxygen atoms in total. The molecule has 0 aromatic heterocycles. The average Bonchev–Trinajstić information content (AvgIpc) is 2.26. The van der Waals surface area contributed by atoms with E-state index >= 15 is 0 Å². The summed E-state index contributed by atoms with van der Waals surface area (Å²) < 4.78 is 14.0. The summed E-state index contributed by atoms with van der Waals surface area (Å²) in [5.74, 6) is 1.33. The van der Waals surface area contributed by atoms with Gasteiger partial charge >= 0.3 is 0 Å². The molecule has 1 saturated carbocycles. The van der Waals surface area contributed by atoms with Crippen molar-refractivity contribution in [3.63, 3.8) is 0 Å². The highest BCUT2D eigenvalue weighted by Gasteiger charge is 2.30. The first kappa shape index (κ1) is 12.1. The van der Waals surface area contributed by atoms with Gasteiger partial charge in [0.1, 0.15) is 5.82 Å². The Labute approximate surface area is 105 Å². The van der Waals surface area contributed by atoms with Crippen molar-refractivity contribution >= 4 is 15.9 Å². The van der Waals surface area contributed by atoms with E-state index < -0.39 is 0 Å². The summed E-state index contributed by atoms with van der Waals surface area (Å²) in [4.78, 5) is 0. The summed E-state index contributed by atoms with van der Waals surface area (Å²) in [6.45, 7) is 1.08. The van der Waals surface area contributed by atoms with E-state index in [2.05, 4.69) is 21.2 Å². The molecule has 1 aromatic carbocycles. The van der Waals surface area contributed by atoms with Gasteiger partial charge in [0, 0.05) is 0 Å². The normalized spacial score (nSPS) is 24.2. The van der Waals surface area contributed by atoms with E-state index in [0.29, 0.717) is 10.4 Å². The van der Waals surface area contributed by atoms with Gasteiger partial charge in [0.15, 0.2) is 0 Å². The van der Waals surface area contributed by atoms with Crippen LogP contribution in [0.4, 0.5) is 4.39 Å². The second-order valence-electron chi connectivity index (χ2n) is 4.57. The number of halogens is 2. The molecule has 1 aliphatic rings. The van der Waals surface area contributed by atoms with E-state index in [0.717, 1.165) is 24.4 Å². The highest BCUT2D eigenvalue weighted by molar-refractivity contribution is 9.10. The predicted octanol–water partition coefficient (Wildman–Crippen LogP) is 3.38. The fraction of sp³-hybridized carbons (Fsp3) is 0.538. The maximum atomic E-state index is 13.3. The largest absolute Gasteiger partial charge is 0.319 e. The van der Waals surface area contributed by atoms with E-state index in [-0.39, 0.29) is 5.82 Å². The quantitative estimate of drug-likeness (QED) is 0.894. The Bertz CT molecular complexity index is 367. The Kier molecular flexibility index (Phi) is 3.98. The van der Waals surface area contributed by atoms with Crippen molar-refractivity contribution in [1.82, 2.24) is 5.32 Å². The molecule has 2 unspecified atom stereocenters. The molecule has 1 aromatic rings. The van der Waals surface area contributed by atoms with Crippen molar-refractivity contribution < 1.29 is 4.39 Å². The Hall–Kier alpha value is -0.410. The van der Waals surface area contributed by atoms with Gasteiger partial charge in [-0.25, -0.2) is 4.39 Å². The first-order valence-corrected chi connectivity index (χ1v) is 6.59. The maximum Gasteiger partial charge on any atom is 0.137 e. The highest BCUT2D eigenvalue weighted by Crippen LogP contribution is 2.37. The summed E-state index contributed by atoms with van der Waals surface area (Å²) in [5.41, 5.74) is 1.10. The molecule has 0 amide bonds. The third-order valence-corrected chi connectivity index (χ3v) is 4.44. The van der Waals surface area contributed by atoms with Crippen LogP contribution in [-0.4, -0.2) is 13.6 Å². The van der Waals surface area contributed by atoms with Crippen LogP contribution in [0.1, 0.15) is 18.4 Å². The van der Waals surface area contributed by atoms with Gasteiger partial charge in [0.2, 0.25) is 0 Å². The Morgan fingerprint density at radius 3 is 2.75 bits per heavy atom. The summed E-state index contributed by atoms with van der Waals surface area (Å²) in [5, 5.41) is 3.23. The topological polar surface area (TPSA) is 12.0 Å². The molecule has 0 heterocycles. The summed E-state index contributed by atoms with van der Waals surface area (Å²) in [7, 11) is 1.99. The first-order chi connectivity index (χ1) is 7.72. The average molecular weight is 286 g/mol. The zero-order valence-electron chi connectivity index (χ0n) is 9.47. The van der Waals surface area contributed by atoms with Crippen molar-refractivity contribution in [2.75, 3.05) is 13.6 Å². The Balaban J connectivity index is 2.01. The summed E-state index contributed by atoms with van der Waals surface area (Å²) in [6, 6.07) is 5.31. The van der Waals surface area contributed by atoms with E-state index in [1.807, 2.05) is 13.1 Å². The molecular formula is C13H17BrFN. The number of benzene rings is 1. The minimum absolute atomic E-state index is 0.151. The molecule has 1 fully saturated rings. The number of hydrogen-bond acceptors (Lipinski definition) is 1. The van der Waals surface area contributed by atoms with E-state index in [4.69, 9.17) is 0 Å². The molecule has 2 atom stereocenters. The minimum atomic E-state index is -0.151. The third-order valence-electron chi connectivity index (χ3n) is 3.55. The SMILES string of the molecule is CNCC1CCC1Cc1cccc(F)c1Br. The van der Waals surface area contributed by atoms with Crippen molar-refractivity contribution in [2.45, 2.75) is 19.3 Å². The zero-order chi connectivity index (χ0) is 11.5. The van der Waals surface area contributed by atoms with Crippen molar-refractivity contribution in [3.8, 4) is 0 Å². The number of nitrogens with one attached hydrogen (secondary N) is 1. The molecule has 1 aliphatic carbocycles. The van der Waals surface area contributed by atoms with Gasteiger partial charge in [-0.05, 0) is 72.3 Å². The molecule has 2 rings (SSSR count). The predicted molar refractivity (Wildman–Crippen MR) is 67.9 cm³/mol. The molecule has 0 bridgehead atoms. The molecular weight excluding hydrogens is 269 g/mol. The van der Waals surface area contributed by atoms with Crippen molar-refractivity contribution in [3.05, 3.63) is 34.1 Å². The molecule has 0 aliphatic heterocycles. The smallest absolute Gasteiger partial charge is 0.137 e. The Morgan fingerprint density at radius 2 is 2.12 bits per heavy atom. The van der Waals surface area contributed by atoms with Gasteiger partial charge in [0.05, 0.1) is 4.47 Å². The van der Waals surface area contributed by atoms with Crippen molar-refractivity contribution in [2.24, 2.45) is 11.8 Å². The zero-order valence-corrected chi connectivity index (χ0v) is 11.1. The summed E-state index contributed by atoms with van der Waals surface area (Å²) in [6.07, 6.45) is 3.57. The van der Waals surface area contributed by atoms with Crippen LogP contribution in [-0.2, 0) is 6.42 Å². The lowest BCUT2D eigenvalue weighted by molar-refractivity contribution is 0.173. The van der Waals surface area contributed by atoms with Crippen LogP contribution in [0.3, 0.4) is 0 Å². The fourth-order valence-corrected chi connectivity index (χ4v) is 2.85. The monoisotopic (exact) mass is 285 g/mol. The van der Waals surface area contributed by atoms with Crippen LogP contribution >= 0.6 is 15.9 Å². The van der Waals surface area contributed by atoms with E-state index in [1.54, 1.807) is 6.07 Å². The maximum absolute atomic E-state index is 13.3. The van der Waals surface area contributed by atoms with Crippen LogP contribution < -0.4 is 5.32 Å². The molecule has 16 heavy (non-hydrogen) atoms. The molecule has 0 radical (unpaired) electrons. The third kappa shape index (κ3) is 2.46. The van der Waals surface area contributed by atoms with E-state index in [9.17, 15) is 4.39 Å². The van der Waals surface area contributed by atoms with Gasteiger partial charge < -0.3 is 5.32 Å². The van der Waals surface area contributed by atoms with Gasteiger partial charge in [-0.2, -0.15) is 0 Å². The molecule has 3 heteroatoms. The van der Waals surface area contributed by atoms with Crippen LogP contribution in [0.5, 0.6) is 0 Å². The second kappa shape index (κ2) is 5.28. The molecule has 0 saturated heterocycles. The standard InChI is InChI=1S/C13H17BrFN/c1-16-8-11-6-5-9(11)7-10-3-2-4-12(15)13(10)14/h2-4,9,11,16H,5-8H2,1H3. The Morgan fingerprint density at radius 1 is 1.38 bits per heavy atom. The molecule has 1 N–H and O–H groups in total. The summed E-state index contributed by atoms with van der Waals surface area (Å²) >= 11 is 3.33. The van der Waals surface area contributed by atoms with E-state index in [1.165, 1.54) is 18.9 Å². The molecule has 88 valence electrons. The fourth-order valence-electron chi connectivity index (χ4n) is 2.43. The van der Waals surface area contributed by atoms with Gasteiger partial charge in [-0.15, -0.1) is 0 Å². The van der Waals surface area contributed by atoms with Gasteiger partial charge in [0.25, 0.3) is 0 Å². The van der Waals surface area contributed by atoms with Crippen molar-refractivity contribution in [1.29, 1.82) is 0 Å². The lowest BCUT2D eigenvalue weighted by atomic mass is 9.71. The second-order valence-corrected chi connectivity index (χ2v) is 5.37. The van der Waals surface area contributed by atoms with Gasteiger partial charge in [-0.1, -0.05) is 12.1 Å². The lowest BCUT2D eigenvalue weighted by Gasteiger charge is -2.37. The van der Waals surface area contributed by atoms with Crippen LogP contribution in [0.25, 0.3) is 0 Å². The van der Waals surface area contributed by atoms with Crippen LogP contribution in [0, 0.1) is 17.7 Å². The van der Waals surface area contributed by atoms with Crippen LogP contribution in [0.2, 0.25) is 0 Å². The minimum Gasteiger partial charge on any atom is -0.319 e. The highest BCUT2D eigenvalue weighted by atomic mass is 79.9. The number of hydrogen-bond donors (Lipinski definition) is 1. The molecule has 0 spiro atoms. The van der Waals surface area contributed by atoms with Crippen LogP contribution in [0.15, 0.2) is 22.7 Å². The lowest BCUT2D eigenvalue weighted by Crippen LogP contribution is -2.35. The first-order valence-electron chi connectivity index (χ1n) is 5.80.